The predicted octanol–water partition coefficient (Wildman–Crippen LogP) is 3.67. The Kier molecular flexibility index (Phi) is 3.97. The van der Waals surface area contributed by atoms with Crippen molar-refractivity contribution in [1.29, 1.82) is 0 Å². The molecule has 0 unspecified atom stereocenters. The molecule has 28 heavy (non-hydrogen) atoms. The second-order valence-electron chi connectivity index (χ2n) is 7.48. The second-order valence-corrected chi connectivity index (χ2v) is 9.30. The first-order valence-corrected chi connectivity index (χ1v) is 11.0. The summed E-state index contributed by atoms with van der Waals surface area (Å²) >= 11 is 0. The van der Waals surface area contributed by atoms with Crippen molar-refractivity contribution >= 4 is 26.8 Å². The number of hydrogen-bond acceptors (Lipinski definition) is 5. The van der Waals surface area contributed by atoms with Crippen LogP contribution >= 0.6 is 0 Å². The molecule has 5 rings (SSSR count). The normalized spacial score (nSPS) is 16.2. The van der Waals surface area contributed by atoms with E-state index in [1.165, 1.54) is 23.2 Å². The van der Waals surface area contributed by atoms with Gasteiger partial charge >= 0.3 is 0 Å². The number of hydrogen-bond donors (Lipinski definition) is 0. The van der Waals surface area contributed by atoms with Gasteiger partial charge in [0.15, 0.2) is 11.3 Å². The summed E-state index contributed by atoms with van der Waals surface area (Å²) < 4.78 is 29.5. The smallest absolute Gasteiger partial charge is 0.269 e. The SMILES string of the molecule is Cc1ccc(S(=O)(=O)n2ccc3c2ncc2nnc(C4CCCCC4)n23)cc1. The molecule has 1 fully saturated rings. The minimum atomic E-state index is -3.73. The van der Waals surface area contributed by atoms with Crippen LogP contribution < -0.4 is 0 Å². The van der Waals surface area contributed by atoms with E-state index in [0.717, 1.165) is 29.7 Å². The average Bonchev–Trinajstić information content (AvgIpc) is 3.33. The number of rotatable bonds is 3. The van der Waals surface area contributed by atoms with Crippen molar-refractivity contribution in [2.24, 2.45) is 0 Å². The van der Waals surface area contributed by atoms with E-state index in [2.05, 4.69) is 15.2 Å². The third kappa shape index (κ3) is 2.63. The van der Waals surface area contributed by atoms with Gasteiger partial charge in [-0.05, 0) is 38.0 Å². The van der Waals surface area contributed by atoms with E-state index in [0.29, 0.717) is 17.2 Å². The van der Waals surface area contributed by atoms with Crippen molar-refractivity contribution in [2.45, 2.75) is 49.8 Å². The highest BCUT2D eigenvalue weighted by Gasteiger charge is 2.25. The van der Waals surface area contributed by atoms with Gasteiger partial charge in [-0.25, -0.2) is 17.4 Å². The molecule has 0 N–H and O–H groups in total. The Bertz CT molecular complexity index is 1270. The molecule has 1 saturated carbocycles. The van der Waals surface area contributed by atoms with Gasteiger partial charge < -0.3 is 0 Å². The molecule has 1 aromatic carbocycles. The predicted molar refractivity (Wildman–Crippen MR) is 106 cm³/mol. The standard InChI is InChI=1S/C20H21N5O2S/c1-14-7-9-16(10-8-14)28(26,27)24-12-11-17-20(24)21-13-18-22-23-19(25(17)18)15-5-3-2-4-6-15/h7-13,15H,2-6H2,1H3. The van der Waals surface area contributed by atoms with Crippen LogP contribution in [0.1, 0.15) is 49.4 Å². The van der Waals surface area contributed by atoms with Crippen LogP contribution in [-0.2, 0) is 10.0 Å². The zero-order chi connectivity index (χ0) is 19.3. The summed E-state index contributed by atoms with van der Waals surface area (Å²) in [5.74, 6) is 1.26. The molecule has 0 atom stereocenters. The van der Waals surface area contributed by atoms with Crippen LogP contribution in [0.5, 0.6) is 0 Å². The number of nitrogens with zero attached hydrogens (tertiary/aromatic N) is 5. The lowest BCUT2D eigenvalue weighted by Crippen LogP contribution is -2.13. The van der Waals surface area contributed by atoms with Gasteiger partial charge in [-0.3, -0.25) is 4.40 Å². The lowest BCUT2D eigenvalue weighted by molar-refractivity contribution is 0.427. The van der Waals surface area contributed by atoms with Gasteiger partial charge in [-0.15, -0.1) is 10.2 Å². The summed E-state index contributed by atoms with van der Waals surface area (Å²) in [7, 11) is -3.73. The molecule has 3 aromatic heterocycles. The molecule has 0 saturated heterocycles. The van der Waals surface area contributed by atoms with E-state index in [1.54, 1.807) is 42.7 Å². The minimum Gasteiger partial charge on any atom is -0.274 e. The van der Waals surface area contributed by atoms with Crippen LogP contribution in [0.4, 0.5) is 0 Å². The first-order valence-electron chi connectivity index (χ1n) is 9.59. The molecule has 144 valence electrons. The Morgan fingerprint density at radius 2 is 1.75 bits per heavy atom. The number of benzene rings is 1. The molecule has 0 radical (unpaired) electrons. The minimum absolute atomic E-state index is 0.244. The van der Waals surface area contributed by atoms with E-state index >= 15 is 0 Å². The van der Waals surface area contributed by atoms with Crippen molar-refractivity contribution in [2.75, 3.05) is 0 Å². The van der Waals surface area contributed by atoms with Crippen LogP contribution in [0, 0.1) is 6.92 Å². The molecule has 0 amide bonds. The van der Waals surface area contributed by atoms with Crippen molar-refractivity contribution < 1.29 is 8.42 Å². The van der Waals surface area contributed by atoms with Crippen molar-refractivity contribution in [3.63, 3.8) is 0 Å². The summed E-state index contributed by atoms with van der Waals surface area (Å²) in [6.45, 7) is 1.93. The van der Waals surface area contributed by atoms with E-state index in [4.69, 9.17) is 0 Å². The van der Waals surface area contributed by atoms with Gasteiger partial charge in [0.1, 0.15) is 5.82 Å². The van der Waals surface area contributed by atoms with E-state index in [-0.39, 0.29) is 4.90 Å². The highest BCUT2D eigenvalue weighted by atomic mass is 32.2. The fourth-order valence-electron chi connectivity index (χ4n) is 4.10. The molecule has 8 heteroatoms. The van der Waals surface area contributed by atoms with Gasteiger partial charge in [-0.1, -0.05) is 37.0 Å². The first-order chi connectivity index (χ1) is 13.6. The maximum atomic E-state index is 13.2. The molecule has 4 aromatic rings. The Hall–Kier alpha value is -2.74. The van der Waals surface area contributed by atoms with Crippen LogP contribution in [0.2, 0.25) is 0 Å². The van der Waals surface area contributed by atoms with E-state index < -0.39 is 10.0 Å². The zero-order valence-electron chi connectivity index (χ0n) is 15.6. The topological polar surface area (TPSA) is 82.1 Å². The average molecular weight is 395 g/mol. The third-order valence-corrected chi connectivity index (χ3v) is 7.29. The molecular formula is C20H21N5O2S. The Morgan fingerprint density at radius 3 is 2.50 bits per heavy atom. The van der Waals surface area contributed by atoms with Crippen molar-refractivity contribution in [3.05, 3.63) is 54.1 Å². The van der Waals surface area contributed by atoms with E-state index in [9.17, 15) is 8.42 Å². The van der Waals surface area contributed by atoms with Crippen LogP contribution in [0.15, 0.2) is 47.6 Å². The van der Waals surface area contributed by atoms with Gasteiger partial charge in [0.25, 0.3) is 10.0 Å². The Balaban J connectivity index is 1.69. The van der Waals surface area contributed by atoms with Crippen LogP contribution in [0.3, 0.4) is 0 Å². The number of aryl methyl sites for hydroxylation is 1. The van der Waals surface area contributed by atoms with Crippen molar-refractivity contribution in [1.82, 2.24) is 23.6 Å². The fourth-order valence-corrected chi connectivity index (χ4v) is 5.39. The number of fused-ring (bicyclic) bond motifs is 3. The largest absolute Gasteiger partial charge is 0.274 e. The molecule has 3 heterocycles. The summed E-state index contributed by atoms with van der Waals surface area (Å²) in [5.41, 5.74) is 2.78. The van der Waals surface area contributed by atoms with Crippen LogP contribution in [-0.4, -0.2) is 32.0 Å². The second kappa shape index (κ2) is 6.41. The molecule has 1 aliphatic rings. The lowest BCUT2D eigenvalue weighted by atomic mass is 9.89. The number of aromatic nitrogens is 5. The lowest BCUT2D eigenvalue weighted by Gasteiger charge is -2.20. The monoisotopic (exact) mass is 395 g/mol. The Morgan fingerprint density at radius 1 is 1.00 bits per heavy atom. The maximum Gasteiger partial charge on any atom is 0.269 e. The molecule has 0 bridgehead atoms. The quantitative estimate of drug-likeness (QED) is 0.529. The van der Waals surface area contributed by atoms with Gasteiger partial charge in [0, 0.05) is 12.1 Å². The summed E-state index contributed by atoms with van der Waals surface area (Å²) in [5, 5.41) is 8.70. The molecular weight excluding hydrogens is 374 g/mol. The van der Waals surface area contributed by atoms with Crippen LogP contribution in [0.25, 0.3) is 16.8 Å². The molecule has 0 aliphatic heterocycles. The van der Waals surface area contributed by atoms with Crippen molar-refractivity contribution in [3.8, 4) is 0 Å². The summed E-state index contributed by atoms with van der Waals surface area (Å²) in [6, 6.07) is 8.63. The molecule has 7 nitrogen and oxygen atoms in total. The van der Waals surface area contributed by atoms with Gasteiger partial charge in [0.05, 0.1) is 16.6 Å². The third-order valence-electron chi connectivity index (χ3n) is 5.61. The first kappa shape index (κ1) is 17.4. The highest BCUT2D eigenvalue weighted by Crippen LogP contribution is 2.33. The summed E-state index contributed by atoms with van der Waals surface area (Å²) in [6.07, 6.45) is 8.99. The Labute approximate surface area is 163 Å². The fraction of sp³-hybridized carbons (Fsp3) is 0.350. The summed E-state index contributed by atoms with van der Waals surface area (Å²) in [4.78, 5) is 4.64. The molecule has 0 spiro atoms. The van der Waals surface area contributed by atoms with Gasteiger partial charge in [-0.2, -0.15) is 0 Å². The highest BCUT2D eigenvalue weighted by molar-refractivity contribution is 7.90. The van der Waals surface area contributed by atoms with Gasteiger partial charge in [0.2, 0.25) is 0 Å². The van der Waals surface area contributed by atoms with E-state index in [1.807, 2.05) is 11.3 Å². The maximum absolute atomic E-state index is 13.2. The molecule has 1 aliphatic carbocycles. The zero-order valence-corrected chi connectivity index (χ0v) is 16.4.